The molecule has 1 aromatic carbocycles. The maximum atomic E-state index is 13.0. The first-order chi connectivity index (χ1) is 13.3. The second-order valence-corrected chi connectivity index (χ2v) is 7.85. The predicted octanol–water partition coefficient (Wildman–Crippen LogP) is 2.25. The Balaban J connectivity index is 0.00000192. The van der Waals surface area contributed by atoms with Crippen molar-refractivity contribution in [3.8, 4) is 0 Å². The van der Waals surface area contributed by atoms with E-state index in [4.69, 9.17) is 9.15 Å². The number of rotatable bonds is 4. The molecule has 1 aromatic heterocycles. The summed E-state index contributed by atoms with van der Waals surface area (Å²) in [7, 11) is 0. The highest BCUT2D eigenvalue weighted by Crippen LogP contribution is 2.31. The van der Waals surface area contributed by atoms with E-state index in [9.17, 15) is 4.79 Å². The smallest absolute Gasteiger partial charge is 0.254 e. The Labute approximate surface area is 170 Å². The molecule has 0 spiro atoms. The van der Waals surface area contributed by atoms with Crippen LogP contribution in [-0.4, -0.2) is 66.2 Å². The van der Waals surface area contributed by atoms with Gasteiger partial charge < -0.3 is 14.5 Å². The molecule has 1 atom stereocenters. The summed E-state index contributed by atoms with van der Waals surface area (Å²) in [6.45, 7) is 6.08. The molecular formula is C20H27ClN4O3. The number of fused-ring (bicyclic) bond motifs is 4. The zero-order chi connectivity index (χ0) is 18.2. The van der Waals surface area contributed by atoms with E-state index in [1.807, 2.05) is 18.2 Å². The molecule has 28 heavy (non-hydrogen) atoms. The van der Waals surface area contributed by atoms with Crippen LogP contribution in [-0.2, 0) is 11.3 Å². The van der Waals surface area contributed by atoms with Gasteiger partial charge in [0.1, 0.15) is 5.52 Å². The summed E-state index contributed by atoms with van der Waals surface area (Å²) < 4.78 is 11.3. The highest BCUT2D eigenvalue weighted by atomic mass is 35.5. The summed E-state index contributed by atoms with van der Waals surface area (Å²) in [6, 6.07) is 5.59. The SMILES string of the molecule is Cl.O=C(N[C@@H]1CC2CCN1CC2)c1cccc2oc(CN3CCOCC3)nc12. The highest BCUT2D eigenvalue weighted by molar-refractivity contribution is 6.04. The Morgan fingerprint density at radius 2 is 1.96 bits per heavy atom. The number of halogens is 1. The minimum atomic E-state index is -0.0515. The van der Waals surface area contributed by atoms with Gasteiger partial charge in [-0.05, 0) is 37.3 Å². The molecule has 4 fully saturated rings. The van der Waals surface area contributed by atoms with Gasteiger partial charge in [0, 0.05) is 26.2 Å². The van der Waals surface area contributed by atoms with Gasteiger partial charge in [-0.3, -0.25) is 14.6 Å². The van der Waals surface area contributed by atoms with Crippen molar-refractivity contribution in [1.29, 1.82) is 0 Å². The molecule has 6 rings (SSSR count). The molecule has 4 aliphatic heterocycles. The minimum absolute atomic E-state index is 0. The van der Waals surface area contributed by atoms with Crippen LogP contribution in [0.15, 0.2) is 22.6 Å². The van der Waals surface area contributed by atoms with Gasteiger partial charge in [0.2, 0.25) is 5.89 Å². The summed E-state index contributed by atoms with van der Waals surface area (Å²) in [5.74, 6) is 1.36. The Morgan fingerprint density at radius 1 is 1.18 bits per heavy atom. The third-order valence-corrected chi connectivity index (χ3v) is 6.11. The van der Waals surface area contributed by atoms with Crippen molar-refractivity contribution >= 4 is 29.4 Å². The number of nitrogens with one attached hydrogen (secondary N) is 1. The number of para-hydroxylation sites is 1. The molecule has 152 valence electrons. The van der Waals surface area contributed by atoms with Gasteiger partial charge in [0.05, 0.1) is 31.5 Å². The van der Waals surface area contributed by atoms with Crippen molar-refractivity contribution in [1.82, 2.24) is 20.1 Å². The van der Waals surface area contributed by atoms with Gasteiger partial charge in [-0.1, -0.05) is 6.07 Å². The van der Waals surface area contributed by atoms with Crippen LogP contribution in [0.25, 0.3) is 11.1 Å². The number of hydrogen-bond donors (Lipinski definition) is 1. The fourth-order valence-electron chi connectivity index (χ4n) is 4.54. The monoisotopic (exact) mass is 406 g/mol. The molecule has 7 nitrogen and oxygen atoms in total. The summed E-state index contributed by atoms with van der Waals surface area (Å²) >= 11 is 0. The van der Waals surface area contributed by atoms with E-state index in [1.54, 1.807) is 0 Å². The van der Waals surface area contributed by atoms with Crippen LogP contribution in [0.2, 0.25) is 0 Å². The van der Waals surface area contributed by atoms with Crippen molar-refractivity contribution in [3.05, 3.63) is 29.7 Å². The summed E-state index contributed by atoms with van der Waals surface area (Å²) in [5, 5.41) is 3.23. The average Bonchev–Trinajstić information content (AvgIpc) is 3.12. The highest BCUT2D eigenvalue weighted by Gasteiger charge is 2.34. The van der Waals surface area contributed by atoms with Crippen LogP contribution in [0.3, 0.4) is 0 Å². The average molecular weight is 407 g/mol. The van der Waals surface area contributed by atoms with E-state index >= 15 is 0 Å². The maximum absolute atomic E-state index is 13.0. The molecule has 4 saturated heterocycles. The van der Waals surface area contributed by atoms with Gasteiger partial charge in [0.25, 0.3) is 5.91 Å². The Kier molecular flexibility index (Phi) is 5.87. The normalized spacial score (nSPS) is 27.5. The van der Waals surface area contributed by atoms with Crippen LogP contribution < -0.4 is 5.32 Å². The number of carbonyl (C=O) groups is 1. The molecule has 1 amide bonds. The van der Waals surface area contributed by atoms with Crippen LogP contribution in [0.1, 0.15) is 35.5 Å². The van der Waals surface area contributed by atoms with Gasteiger partial charge >= 0.3 is 0 Å². The Bertz CT molecular complexity index is 828. The molecule has 8 heteroatoms. The lowest BCUT2D eigenvalue weighted by atomic mass is 9.86. The van der Waals surface area contributed by atoms with E-state index < -0.39 is 0 Å². The first-order valence-corrected chi connectivity index (χ1v) is 10.00. The Morgan fingerprint density at radius 3 is 2.68 bits per heavy atom. The molecule has 0 saturated carbocycles. The summed E-state index contributed by atoms with van der Waals surface area (Å²) in [6.07, 6.45) is 3.73. The number of aromatic nitrogens is 1. The number of hydrogen-bond acceptors (Lipinski definition) is 6. The van der Waals surface area contributed by atoms with Crippen LogP contribution >= 0.6 is 12.4 Å². The van der Waals surface area contributed by atoms with Crippen molar-refractivity contribution in [2.45, 2.75) is 32.0 Å². The second kappa shape index (κ2) is 8.37. The number of oxazole rings is 1. The van der Waals surface area contributed by atoms with Crippen LogP contribution in [0.4, 0.5) is 0 Å². The number of morpholine rings is 1. The summed E-state index contributed by atoms with van der Waals surface area (Å²) in [5.41, 5.74) is 1.94. The standard InChI is InChI=1S/C20H26N4O3.ClH/c25-20(21-17-12-14-4-6-24(17)7-5-14)15-2-1-3-16-19(15)22-18(27-16)13-23-8-10-26-11-9-23;/h1-3,14,17H,4-13H2,(H,21,25);1H/t17-;/m0./s1. The molecule has 4 aliphatic rings. The van der Waals surface area contributed by atoms with E-state index in [2.05, 4.69) is 20.1 Å². The molecular weight excluding hydrogens is 380 g/mol. The topological polar surface area (TPSA) is 70.8 Å². The molecule has 0 aliphatic carbocycles. The second-order valence-electron chi connectivity index (χ2n) is 7.85. The van der Waals surface area contributed by atoms with E-state index in [0.717, 1.165) is 51.7 Å². The number of piperidine rings is 3. The number of nitrogens with zero attached hydrogens (tertiary/aromatic N) is 3. The first kappa shape index (κ1) is 19.6. The zero-order valence-corrected chi connectivity index (χ0v) is 16.7. The van der Waals surface area contributed by atoms with Gasteiger partial charge in [0.15, 0.2) is 5.58 Å². The van der Waals surface area contributed by atoms with Crippen LogP contribution in [0, 0.1) is 5.92 Å². The fraction of sp³-hybridized carbons (Fsp3) is 0.600. The lowest BCUT2D eigenvalue weighted by molar-refractivity contribution is 0.0295. The molecule has 2 bridgehead atoms. The zero-order valence-electron chi connectivity index (χ0n) is 15.9. The fourth-order valence-corrected chi connectivity index (χ4v) is 4.54. The van der Waals surface area contributed by atoms with Gasteiger partial charge in [-0.15, -0.1) is 12.4 Å². The molecule has 5 heterocycles. The largest absolute Gasteiger partial charge is 0.439 e. The molecule has 0 unspecified atom stereocenters. The number of amides is 1. The van der Waals surface area contributed by atoms with Gasteiger partial charge in [-0.25, -0.2) is 4.98 Å². The first-order valence-electron chi connectivity index (χ1n) is 10.00. The lowest BCUT2D eigenvalue weighted by Crippen LogP contribution is -2.56. The third kappa shape index (κ3) is 3.89. The van der Waals surface area contributed by atoms with E-state index in [0.29, 0.717) is 29.1 Å². The van der Waals surface area contributed by atoms with Crippen molar-refractivity contribution < 1.29 is 13.9 Å². The molecule has 1 N–H and O–H groups in total. The molecule has 0 radical (unpaired) electrons. The van der Waals surface area contributed by atoms with E-state index in [1.165, 1.54) is 12.8 Å². The number of carbonyl (C=O) groups excluding carboxylic acids is 1. The van der Waals surface area contributed by atoms with Crippen LogP contribution in [0.5, 0.6) is 0 Å². The van der Waals surface area contributed by atoms with Crippen molar-refractivity contribution in [3.63, 3.8) is 0 Å². The van der Waals surface area contributed by atoms with Gasteiger partial charge in [-0.2, -0.15) is 0 Å². The van der Waals surface area contributed by atoms with E-state index in [-0.39, 0.29) is 24.5 Å². The third-order valence-electron chi connectivity index (χ3n) is 6.11. The Hall–Kier alpha value is -1.67. The predicted molar refractivity (Wildman–Crippen MR) is 108 cm³/mol. The number of ether oxygens (including phenoxy) is 1. The quantitative estimate of drug-likeness (QED) is 0.839. The van der Waals surface area contributed by atoms with Crippen molar-refractivity contribution in [2.75, 3.05) is 39.4 Å². The minimum Gasteiger partial charge on any atom is -0.439 e. The number of benzene rings is 1. The van der Waals surface area contributed by atoms with Crippen molar-refractivity contribution in [2.24, 2.45) is 5.92 Å². The maximum Gasteiger partial charge on any atom is 0.254 e. The summed E-state index contributed by atoms with van der Waals surface area (Å²) in [4.78, 5) is 22.3. The molecule has 2 aromatic rings. The lowest BCUT2D eigenvalue weighted by Gasteiger charge is -2.45.